The summed E-state index contributed by atoms with van der Waals surface area (Å²) >= 11 is 6.07. The van der Waals surface area contributed by atoms with E-state index in [9.17, 15) is 0 Å². The fraction of sp³-hybridized carbons (Fsp3) is 0.538. The number of hydrogen-bond donors (Lipinski definition) is 1. The first kappa shape index (κ1) is 12.5. The van der Waals surface area contributed by atoms with Gasteiger partial charge in [-0.1, -0.05) is 30.7 Å². The molecule has 0 aliphatic carbocycles. The lowest BCUT2D eigenvalue weighted by molar-refractivity contribution is 0.530. The smallest absolute Gasteiger partial charge is 0.0437 e. The highest BCUT2D eigenvalue weighted by atomic mass is 35.5. The van der Waals surface area contributed by atoms with E-state index in [4.69, 9.17) is 11.6 Å². The van der Waals surface area contributed by atoms with Crippen molar-refractivity contribution in [3.63, 3.8) is 0 Å². The SMILES string of the molecule is CCNC(C)CCc1ccc(C)c(Cl)c1. The van der Waals surface area contributed by atoms with E-state index in [-0.39, 0.29) is 0 Å². The Balaban J connectivity index is 2.47. The Kier molecular flexibility index (Phi) is 5.13. The minimum absolute atomic E-state index is 0.579. The molecule has 0 fully saturated rings. The van der Waals surface area contributed by atoms with Crippen LogP contribution in [0.2, 0.25) is 5.02 Å². The summed E-state index contributed by atoms with van der Waals surface area (Å²) in [6.45, 7) is 7.43. The summed E-state index contributed by atoms with van der Waals surface area (Å²) in [7, 11) is 0. The van der Waals surface area contributed by atoms with Gasteiger partial charge in [-0.05, 0) is 50.4 Å². The highest BCUT2D eigenvalue weighted by Gasteiger charge is 2.02. The van der Waals surface area contributed by atoms with E-state index < -0.39 is 0 Å². The summed E-state index contributed by atoms with van der Waals surface area (Å²) in [6.07, 6.45) is 2.25. The van der Waals surface area contributed by atoms with Gasteiger partial charge in [0.2, 0.25) is 0 Å². The van der Waals surface area contributed by atoms with Gasteiger partial charge in [-0.15, -0.1) is 0 Å². The zero-order chi connectivity index (χ0) is 11.3. The monoisotopic (exact) mass is 225 g/mol. The van der Waals surface area contributed by atoms with E-state index in [1.54, 1.807) is 0 Å². The topological polar surface area (TPSA) is 12.0 Å². The minimum Gasteiger partial charge on any atom is -0.315 e. The molecule has 0 spiro atoms. The third-order valence-electron chi connectivity index (χ3n) is 2.65. The van der Waals surface area contributed by atoms with Crippen LogP contribution >= 0.6 is 11.6 Å². The summed E-state index contributed by atoms with van der Waals surface area (Å²) in [5.41, 5.74) is 2.48. The van der Waals surface area contributed by atoms with Crippen LogP contribution in [0.1, 0.15) is 31.4 Å². The van der Waals surface area contributed by atoms with Crippen molar-refractivity contribution in [2.75, 3.05) is 6.54 Å². The van der Waals surface area contributed by atoms with Crippen molar-refractivity contribution in [3.8, 4) is 0 Å². The number of aryl methyl sites for hydroxylation is 2. The predicted octanol–water partition coefficient (Wildman–Crippen LogP) is 3.58. The quantitative estimate of drug-likeness (QED) is 0.808. The van der Waals surface area contributed by atoms with Gasteiger partial charge in [0.15, 0.2) is 0 Å². The summed E-state index contributed by atoms with van der Waals surface area (Å²) in [5.74, 6) is 0. The maximum absolute atomic E-state index is 6.07. The largest absolute Gasteiger partial charge is 0.315 e. The molecule has 1 rings (SSSR count). The summed E-state index contributed by atoms with van der Waals surface area (Å²) in [6, 6.07) is 6.92. The van der Waals surface area contributed by atoms with Gasteiger partial charge in [0.25, 0.3) is 0 Å². The van der Waals surface area contributed by atoms with Gasteiger partial charge in [-0.2, -0.15) is 0 Å². The second-order valence-corrected chi connectivity index (χ2v) is 4.49. The third-order valence-corrected chi connectivity index (χ3v) is 3.06. The molecule has 1 aromatic rings. The highest BCUT2D eigenvalue weighted by Crippen LogP contribution is 2.17. The number of halogens is 1. The minimum atomic E-state index is 0.579. The van der Waals surface area contributed by atoms with E-state index in [0.717, 1.165) is 30.0 Å². The number of benzene rings is 1. The van der Waals surface area contributed by atoms with Crippen molar-refractivity contribution >= 4 is 11.6 Å². The van der Waals surface area contributed by atoms with Crippen LogP contribution in [0.15, 0.2) is 18.2 Å². The molecule has 0 aliphatic heterocycles. The van der Waals surface area contributed by atoms with Crippen LogP contribution < -0.4 is 5.32 Å². The fourth-order valence-electron chi connectivity index (χ4n) is 1.63. The Morgan fingerprint density at radius 3 is 2.73 bits per heavy atom. The van der Waals surface area contributed by atoms with Crippen molar-refractivity contribution < 1.29 is 0 Å². The van der Waals surface area contributed by atoms with Crippen molar-refractivity contribution in [2.45, 2.75) is 39.7 Å². The van der Waals surface area contributed by atoms with Crippen LogP contribution in [0.4, 0.5) is 0 Å². The maximum Gasteiger partial charge on any atom is 0.0437 e. The van der Waals surface area contributed by atoms with Gasteiger partial charge in [0.05, 0.1) is 0 Å². The Morgan fingerprint density at radius 2 is 2.13 bits per heavy atom. The van der Waals surface area contributed by atoms with Crippen LogP contribution in [0.3, 0.4) is 0 Å². The molecule has 0 aliphatic rings. The van der Waals surface area contributed by atoms with Gasteiger partial charge in [-0.3, -0.25) is 0 Å². The van der Waals surface area contributed by atoms with Crippen LogP contribution in [-0.2, 0) is 6.42 Å². The lowest BCUT2D eigenvalue weighted by Gasteiger charge is -2.12. The molecule has 0 amide bonds. The van der Waals surface area contributed by atoms with E-state index in [1.165, 1.54) is 5.56 Å². The molecule has 84 valence electrons. The second-order valence-electron chi connectivity index (χ2n) is 4.08. The molecule has 1 unspecified atom stereocenters. The van der Waals surface area contributed by atoms with Crippen molar-refractivity contribution in [3.05, 3.63) is 34.3 Å². The molecule has 15 heavy (non-hydrogen) atoms. The summed E-state index contributed by atoms with van der Waals surface area (Å²) in [5, 5.41) is 4.29. The van der Waals surface area contributed by atoms with Crippen LogP contribution in [-0.4, -0.2) is 12.6 Å². The second kappa shape index (κ2) is 6.14. The van der Waals surface area contributed by atoms with Crippen molar-refractivity contribution in [2.24, 2.45) is 0 Å². The first-order valence-corrected chi connectivity index (χ1v) is 5.99. The lowest BCUT2D eigenvalue weighted by Crippen LogP contribution is -2.25. The van der Waals surface area contributed by atoms with Gasteiger partial charge < -0.3 is 5.32 Å². The third kappa shape index (κ3) is 4.23. The Labute approximate surface area is 97.8 Å². The predicted molar refractivity (Wildman–Crippen MR) is 67.6 cm³/mol. The number of nitrogens with one attached hydrogen (secondary N) is 1. The molecular formula is C13H20ClN. The molecule has 1 atom stereocenters. The first-order chi connectivity index (χ1) is 7.13. The van der Waals surface area contributed by atoms with Crippen LogP contribution in [0.5, 0.6) is 0 Å². The molecule has 1 aromatic carbocycles. The first-order valence-electron chi connectivity index (χ1n) is 5.62. The average molecular weight is 226 g/mol. The Morgan fingerprint density at radius 1 is 1.40 bits per heavy atom. The Bertz CT molecular complexity index is 309. The normalized spacial score (nSPS) is 12.8. The van der Waals surface area contributed by atoms with Crippen LogP contribution in [0.25, 0.3) is 0 Å². The molecule has 1 nitrogen and oxygen atoms in total. The van der Waals surface area contributed by atoms with Crippen molar-refractivity contribution in [1.82, 2.24) is 5.32 Å². The summed E-state index contributed by atoms with van der Waals surface area (Å²) < 4.78 is 0. The van der Waals surface area contributed by atoms with Crippen molar-refractivity contribution in [1.29, 1.82) is 0 Å². The molecule has 0 bridgehead atoms. The molecule has 2 heteroatoms. The molecule has 1 N–H and O–H groups in total. The Hall–Kier alpha value is -0.530. The zero-order valence-electron chi connectivity index (χ0n) is 9.81. The van der Waals surface area contributed by atoms with E-state index >= 15 is 0 Å². The van der Waals surface area contributed by atoms with Crippen LogP contribution in [0, 0.1) is 6.92 Å². The summed E-state index contributed by atoms with van der Waals surface area (Å²) in [4.78, 5) is 0. The molecule has 0 saturated carbocycles. The van der Waals surface area contributed by atoms with Gasteiger partial charge in [0.1, 0.15) is 0 Å². The molecule has 0 radical (unpaired) electrons. The maximum atomic E-state index is 6.07. The molecule has 0 aromatic heterocycles. The standard InChI is InChI=1S/C13H20ClN/c1-4-15-11(3)6-8-12-7-5-10(2)13(14)9-12/h5,7,9,11,15H,4,6,8H2,1-3H3. The zero-order valence-corrected chi connectivity index (χ0v) is 10.6. The number of hydrogen-bond acceptors (Lipinski definition) is 1. The molecule has 0 saturated heterocycles. The van der Waals surface area contributed by atoms with Gasteiger partial charge >= 0.3 is 0 Å². The van der Waals surface area contributed by atoms with E-state index in [2.05, 4.69) is 37.4 Å². The average Bonchev–Trinajstić information content (AvgIpc) is 2.20. The lowest BCUT2D eigenvalue weighted by atomic mass is 10.0. The van der Waals surface area contributed by atoms with Gasteiger partial charge in [-0.25, -0.2) is 0 Å². The van der Waals surface area contributed by atoms with E-state index in [0.29, 0.717) is 6.04 Å². The highest BCUT2D eigenvalue weighted by molar-refractivity contribution is 6.31. The molecular weight excluding hydrogens is 206 g/mol. The van der Waals surface area contributed by atoms with Gasteiger partial charge in [0, 0.05) is 11.1 Å². The fourth-order valence-corrected chi connectivity index (χ4v) is 1.83. The number of rotatable bonds is 5. The molecule has 0 heterocycles. The van der Waals surface area contributed by atoms with E-state index in [1.807, 2.05) is 6.92 Å².